The summed E-state index contributed by atoms with van der Waals surface area (Å²) in [6.45, 7) is 0. The normalized spacial score (nSPS) is 24.3. The number of aromatic nitrogens is 1. The van der Waals surface area contributed by atoms with Crippen molar-refractivity contribution in [3.05, 3.63) is 28.5 Å². The maximum atomic E-state index is 12.0. The zero-order valence-corrected chi connectivity index (χ0v) is 12.4. The molecule has 0 radical (unpaired) electrons. The van der Waals surface area contributed by atoms with Crippen LogP contribution in [-0.2, 0) is 0 Å². The Bertz CT molecular complexity index is 410. The molecule has 5 heteroatoms. The molecule has 1 amide bonds. The number of hydrogen-bond donors (Lipinski definition) is 1. The first-order chi connectivity index (χ1) is 8.66. The Kier molecular flexibility index (Phi) is 5.01. The molecule has 0 aliphatic heterocycles. The van der Waals surface area contributed by atoms with E-state index in [1.54, 1.807) is 12.3 Å². The van der Waals surface area contributed by atoms with Gasteiger partial charge in [-0.3, -0.25) is 4.79 Å². The van der Waals surface area contributed by atoms with Gasteiger partial charge >= 0.3 is 0 Å². The van der Waals surface area contributed by atoms with Crippen molar-refractivity contribution in [3.63, 3.8) is 0 Å². The third-order valence-electron chi connectivity index (χ3n) is 3.21. The molecule has 1 aromatic rings. The fourth-order valence-electron chi connectivity index (χ4n) is 2.18. The zero-order chi connectivity index (χ0) is 13.0. The highest BCUT2D eigenvalue weighted by Crippen LogP contribution is 2.22. The van der Waals surface area contributed by atoms with Crippen LogP contribution in [0.15, 0.2) is 22.8 Å². The van der Waals surface area contributed by atoms with Gasteiger partial charge in [0.2, 0.25) is 0 Å². The molecule has 0 spiro atoms. The van der Waals surface area contributed by atoms with E-state index in [1.807, 2.05) is 6.07 Å². The molecule has 2 unspecified atom stereocenters. The summed E-state index contributed by atoms with van der Waals surface area (Å²) in [6, 6.07) is 3.58. The molecule has 1 aliphatic rings. The fraction of sp³-hybridized carbons (Fsp3) is 0.538. The van der Waals surface area contributed by atoms with Crippen LogP contribution in [0.25, 0.3) is 0 Å². The van der Waals surface area contributed by atoms with E-state index in [0.29, 0.717) is 5.69 Å². The molecule has 2 atom stereocenters. The second-order valence-electron chi connectivity index (χ2n) is 4.60. The van der Waals surface area contributed by atoms with E-state index in [0.717, 1.165) is 30.2 Å². The van der Waals surface area contributed by atoms with Gasteiger partial charge in [0.1, 0.15) is 5.69 Å². The van der Waals surface area contributed by atoms with Gasteiger partial charge in [-0.1, -0.05) is 19.3 Å². The van der Waals surface area contributed by atoms with E-state index in [9.17, 15) is 4.79 Å². The topological polar surface area (TPSA) is 42.0 Å². The van der Waals surface area contributed by atoms with Crippen LogP contribution in [-0.4, -0.2) is 22.3 Å². The largest absolute Gasteiger partial charge is 0.346 e. The summed E-state index contributed by atoms with van der Waals surface area (Å²) in [4.78, 5) is 16.1. The molecule has 1 saturated carbocycles. The van der Waals surface area contributed by atoms with Gasteiger partial charge in [-0.25, -0.2) is 4.98 Å². The number of nitrogens with zero attached hydrogens (tertiary/aromatic N) is 1. The first-order valence-electron chi connectivity index (χ1n) is 6.23. The molecule has 0 aromatic carbocycles. The van der Waals surface area contributed by atoms with Crippen LogP contribution in [0.5, 0.6) is 0 Å². The number of alkyl halides is 1. The van der Waals surface area contributed by atoms with Crippen molar-refractivity contribution in [2.45, 2.75) is 43.5 Å². The number of carbonyl (C=O) groups is 1. The van der Waals surface area contributed by atoms with E-state index in [2.05, 4.69) is 26.2 Å². The minimum absolute atomic E-state index is 0.0342. The molecule has 1 aliphatic carbocycles. The maximum absolute atomic E-state index is 12.0. The monoisotopic (exact) mass is 330 g/mol. The van der Waals surface area contributed by atoms with E-state index in [1.165, 1.54) is 6.42 Å². The van der Waals surface area contributed by atoms with Crippen molar-refractivity contribution >= 4 is 33.4 Å². The Balaban J connectivity index is 1.99. The summed E-state index contributed by atoms with van der Waals surface area (Å²) >= 11 is 9.60. The van der Waals surface area contributed by atoms with Crippen molar-refractivity contribution in [3.8, 4) is 0 Å². The van der Waals surface area contributed by atoms with Crippen molar-refractivity contribution < 1.29 is 4.79 Å². The third-order valence-corrected chi connectivity index (χ3v) is 4.20. The smallest absolute Gasteiger partial charge is 0.270 e. The fourth-order valence-corrected chi connectivity index (χ4v) is 2.76. The summed E-state index contributed by atoms with van der Waals surface area (Å²) < 4.78 is 0.865. The van der Waals surface area contributed by atoms with E-state index in [-0.39, 0.29) is 17.3 Å². The predicted octanol–water partition coefficient (Wildman–Crippen LogP) is 3.51. The molecule has 0 saturated heterocycles. The van der Waals surface area contributed by atoms with E-state index < -0.39 is 0 Å². The highest BCUT2D eigenvalue weighted by Gasteiger charge is 2.23. The molecule has 98 valence electrons. The van der Waals surface area contributed by atoms with Crippen LogP contribution >= 0.6 is 27.5 Å². The summed E-state index contributed by atoms with van der Waals surface area (Å²) in [5, 5.41) is 3.03. The molecule has 18 heavy (non-hydrogen) atoms. The number of carbonyl (C=O) groups excluding carboxylic acids is 1. The first-order valence-corrected chi connectivity index (χ1v) is 7.46. The minimum Gasteiger partial charge on any atom is -0.346 e. The average Bonchev–Trinajstić information content (AvgIpc) is 2.56. The number of hydrogen-bond acceptors (Lipinski definition) is 2. The molecule has 0 bridgehead atoms. The number of rotatable bonds is 2. The van der Waals surface area contributed by atoms with Crippen molar-refractivity contribution in [1.82, 2.24) is 10.3 Å². The SMILES string of the molecule is O=C(NC1CCCCCC1Cl)c1ccc(Br)cn1. The minimum atomic E-state index is -0.139. The average molecular weight is 332 g/mol. The van der Waals surface area contributed by atoms with Gasteiger partial charge in [0.25, 0.3) is 5.91 Å². The molecule has 1 aromatic heterocycles. The Morgan fingerprint density at radius 1 is 1.33 bits per heavy atom. The van der Waals surface area contributed by atoms with Gasteiger partial charge in [0.15, 0.2) is 0 Å². The van der Waals surface area contributed by atoms with Crippen LogP contribution in [0.3, 0.4) is 0 Å². The summed E-state index contributed by atoms with van der Waals surface area (Å²) in [6.07, 6.45) is 7.03. The molecular weight excluding hydrogens is 316 g/mol. The van der Waals surface area contributed by atoms with Crippen LogP contribution in [0.1, 0.15) is 42.6 Å². The van der Waals surface area contributed by atoms with Gasteiger partial charge in [-0.2, -0.15) is 0 Å². The molecule has 2 rings (SSSR count). The van der Waals surface area contributed by atoms with Crippen molar-refractivity contribution in [1.29, 1.82) is 0 Å². The number of nitrogens with one attached hydrogen (secondary N) is 1. The first kappa shape index (κ1) is 13.8. The highest BCUT2D eigenvalue weighted by molar-refractivity contribution is 9.10. The number of amides is 1. The lowest BCUT2D eigenvalue weighted by Crippen LogP contribution is -2.40. The van der Waals surface area contributed by atoms with Gasteiger partial charge < -0.3 is 5.32 Å². The lowest BCUT2D eigenvalue weighted by atomic mass is 10.1. The molecule has 3 nitrogen and oxygen atoms in total. The summed E-state index contributed by atoms with van der Waals surface area (Å²) in [7, 11) is 0. The van der Waals surface area contributed by atoms with Crippen LogP contribution in [0, 0.1) is 0 Å². The van der Waals surface area contributed by atoms with Crippen molar-refractivity contribution in [2.24, 2.45) is 0 Å². The van der Waals surface area contributed by atoms with Crippen LogP contribution in [0.2, 0.25) is 0 Å². The Hall–Kier alpha value is -0.610. The Morgan fingerprint density at radius 2 is 2.11 bits per heavy atom. The lowest BCUT2D eigenvalue weighted by Gasteiger charge is -2.20. The predicted molar refractivity (Wildman–Crippen MR) is 75.9 cm³/mol. The standard InChI is InChI=1S/C13H16BrClN2O/c14-9-6-7-12(16-8-9)13(18)17-11-5-3-1-2-4-10(11)15/h6-8,10-11H,1-5H2,(H,17,18). The summed E-state index contributed by atoms with van der Waals surface area (Å²) in [5.41, 5.74) is 0.436. The lowest BCUT2D eigenvalue weighted by molar-refractivity contribution is 0.0929. The second kappa shape index (κ2) is 6.53. The van der Waals surface area contributed by atoms with Gasteiger partial charge in [-0.15, -0.1) is 11.6 Å². The second-order valence-corrected chi connectivity index (χ2v) is 6.07. The Morgan fingerprint density at radius 3 is 2.83 bits per heavy atom. The molecule has 1 heterocycles. The van der Waals surface area contributed by atoms with Crippen LogP contribution in [0.4, 0.5) is 0 Å². The molecular formula is C13H16BrClN2O. The highest BCUT2D eigenvalue weighted by atomic mass is 79.9. The van der Waals surface area contributed by atoms with Crippen molar-refractivity contribution in [2.75, 3.05) is 0 Å². The van der Waals surface area contributed by atoms with Crippen LogP contribution < -0.4 is 5.32 Å². The zero-order valence-electron chi connectivity index (χ0n) is 10.0. The number of pyridine rings is 1. The summed E-state index contributed by atoms with van der Waals surface area (Å²) in [5.74, 6) is -0.139. The Labute approximate surface area is 120 Å². The van der Waals surface area contributed by atoms with E-state index >= 15 is 0 Å². The molecule has 1 fully saturated rings. The number of halogens is 2. The van der Waals surface area contributed by atoms with Gasteiger partial charge in [0.05, 0.1) is 5.38 Å². The van der Waals surface area contributed by atoms with Gasteiger partial charge in [0, 0.05) is 16.7 Å². The third kappa shape index (κ3) is 3.69. The maximum Gasteiger partial charge on any atom is 0.270 e. The van der Waals surface area contributed by atoms with Gasteiger partial charge in [-0.05, 0) is 40.9 Å². The molecule has 1 N–H and O–H groups in total. The van der Waals surface area contributed by atoms with E-state index in [4.69, 9.17) is 11.6 Å². The quantitative estimate of drug-likeness (QED) is 0.665.